The van der Waals surface area contributed by atoms with E-state index in [1.54, 1.807) is 0 Å². The molecule has 124 valence electrons. The van der Waals surface area contributed by atoms with Crippen molar-refractivity contribution in [2.75, 3.05) is 13.6 Å². The van der Waals surface area contributed by atoms with Gasteiger partial charge in [-0.3, -0.25) is 14.5 Å². The topological polar surface area (TPSA) is 41.8 Å². The van der Waals surface area contributed by atoms with Gasteiger partial charge in [-0.15, -0.1) is 0 Å². The van der Waals surface area contributed by atoms with E-state index >= 15 is 0 Å². The van der Waals surface area contributed by atoms with Gasteiger partial charge in [0.15, 0.2) is 6.04 Å². The first-order valence-corrected chi connectivity index (χ1v) is 8.39. The molecule has 1 fully saturated rings. The molecule has 0 aromatic heterocycles. The third kappa shape index (κ3) is 3.71. The number of carbonyl (C=O) groups excluding carboxylic acids is 2. The van der Waals surface area contributed by atoms with Gasteiger partial charge in [0.25, 0.3) is 5.91 Å². The summed E-state index contributed by atoms with van der Waals surface area (Å²) in [5.74, 6) is -0.0855. The van der Waals surface area contributed by atoms with E-state index in [-0.39, 0.29) is 17.9 Å². The largest absolute Gasteiger partial charge is 0.323 e. The van der Waals surface area contributed by atoms with E-state index in [0.717, 1.165) is 17.0 Å². The van der Waals surface area contributed by atoms with Crippen LogP contribution in [-0.4, -0.2) is 36.3 Å². The predicted octanol–water partition coefficient (Wildman–Crippen LogP) is 1.07. The standard InChI is InChI=1S/C20H22N2O2/c1-21(15-17-10-6-3-7-11-17)18-14-19(23)22(20(18)24)13-12-16-8-4-2-5-9-16/h2-11,18H,12-15H2,1H3/p+1/t18-/m1/s1. The van der Waals surface area contributed by atoms with Crippen molar-refractivity contribution in [3.63, 3.8) is 0 Å². The molecule has 1 heterocycles. The minimum absolute atomic E-state index is 0.0376. The van der Waals surface area contributed by atoms with Crippen LogP contribution < -0.4 is 4.90 Å². The molecule has 1 saturated heterocycles. The van der Waals surface area contributed by atoms with Crippen LogP contribution in [0, 0.1) is 0 Å². The van der Waals surface area contributed by atoms with Crippen molar-refractivity contribution in [3.05, 3.63) is 71.8 Å². The molecule has 2 atom stereocenters. The number of likely N-dealkylation sites (tertiary alicyclic amines) is 1. The molecule has 4 heteroatoms. The Balaban J connectivity index is 1.61. The van der Waals surface area contributed by atoms with Crippen molar-refractivity contribution >= 4 is 11.8 Å². The van der Waals surface area contributed by atoms with E-state index in [4.69, 9.17) is 0 Å². The van der Waals surface area contributed by atoms with Crippen molar-refractivity contribution in [2.24, 2.45) is 0 Å². The number of nitrogens with one attached hydrogen (secondary N) is 1. The maximum Gasteiger partial charge on any atom is 0.288 e. The predicted molar refractivity (Wildman–Crippen MR) is 92.3 cm³/mol. The van der Waals surface area contributed by atoms with Crippen LogP contribution in [0.2, 0.25) is 0 Å². The van der Waals surface area contributed by atoms with Crippen molar-refractivity contribution in [2.45, 2.75) is 25.4 Å². The molecule has 1 N–H and O–H groups in total. The number of imide groups is 1. The van der Waals surface area contributed by atoms with E-state index < -0.39 is 0 Å². The Morgan fingerprint density at radius 2 is 1.54 bits per heavy atom. The molecule has 2 aromatic rings. The summed E-state index contributed by atoms with van der Waals surface area (Å²) < 4.78 is 0. The van der Waals surface area contributed by atoms with Crippen molar-refractivity contribution in [1.29, 1.82) is 0 Å². The normalized spacial score (nSPS) is 18.9. The van der Waals surface area contributed by atoms with Gasteiger partial charge in [0.05, 0.1) is 13.5 Å². The SMILES string of the molecule is C[NH+](Cc1ccccc1)[C@@H]1CC(=O)N(CCc2ccccc2)C1=O. The number of hydrogen-bond donors (Lipinski definition) is 1. The van der Waals surface area contributed by atoms with Crippen LogP contribution in [0.5, 0.6) is 0 Å². The fourth-order valence-electron chi connectivity index (χ4n) is 3.23. The highest BCUT2D eigenvalue weighted by atomic mass is 16.2. The fourth-order valence-corrected chi connectivity index (χ4v) is 3.23. The zero-order valence-corrected chi connectivity index (χ0v) is 13.9. The minimum Gasteiger partial charge on any atom is -0.323 e. The molecule has 3 rings (SSSR count). The second-order valence-corrected chi connectivity index (χ2v) is 6.38. The van der Waals surface area contributed by atoms with Crippen LogP contribution in [0.25, 0.3) is 0 Å². The summed E-state index contributed by atoms with van der Waals surface area (Å²) in [6, 6.07) is 19.8. The lowest BCUT2D eigenvalue weighted by Crippen LogP contribution is -3.12. The molecule has 0 aliphatic carbocycles. The summed E-state index contributed by atoms with van der Waals surface area (Å²) in [7, 11) is 1.99. The van der Waals surface area contributed by atoms with Gasteiger partial charge in [0, 0.05) is 12.1 Å². The van der Waals surface area contributed by atoms with E-state index in [2.05, 4.69) is 12.1 Å². The van der Waals surface area contributed by atoms with Gasteiger partial charge >= 0.3 is 0 Å². The van der Waals surface area contributed by atoms with Crippen LogP contribution in [0.4, 0.5) is 0 Å². The highest BCUT2D eigenvalue weighted by Crippen LogP contribution is 2.13. The van der Waals surface area contributed by atoms with Crippen molar-refractivity contribution in [3.8, 4) is 0 Å². The van der Waals surface area contributed by atoms with Gasteiger partial charge in [0.1, 0.15) is 6.54 Å². The van der Waals surface area contributed by atoms with Crippen LogP contribution >= 0.6 is 0 Å². The van der Waals surface area contributed by atoms with Gasteiger partial charge in [-0.05, 0) is 12.0 Å². The number of amides is 2. The van der Waals surface area contributed by atoms with Crippen molar-refractivity contribution in [1.82, 2.24) is 4.90 Å². The molecule has 1 aliphatic rings. The Morgan fingerprint density at radius 3 is 2.17 bits per heavy atom. The smallest absolute Gasteiger partial charge is 0.288 e. The maximum atomic E-state index is 12.7. The first-order chi connectivity index (χ1) is 11.6. The number of hydrogen-bond acceptors (Lipinski definition) is 2. The molecule has 2 aromatic carbocycles. The number of rotatable bonds is 6. The Morgan fingerprint density at radius 1 is 0.958 bits per heavy atom. The second kappa shape index (κ2) is 7.41. The molecule has 0 radical (unpaired) electrons. The first kappa shape index (κ1) is 16.4. The molecular weight excluding hydrogens is 300 g/mol. The second-order valence-electron chi connectivity index (χ2n) is 6.38. The quantitative estimate of drug-likeness (QED) is 0.808. The van der Waals surface area contributed by atoms with Gasteiger partial charge in [-0.2, -0.15) is 0 Å². The number of likely N-dealkylation sites (N-methyl/N-ethyl adjacent to an activating group) is 1. The summed E-state index contributed by atoms with van der Waals surface area (Å²) in [5.41, 5.74) is 2.32. The van der Waals surface area contributed by atoms with Crippen molar-refractivity contribution < 1.29 is 14.5 Å². The van der Waals surface area contributed by atoms with E-state index in [9.17, 15) is 9.59 Å². The molecule has 0 saturated carbocycles. The molecule has 1 unspecified atom stereocenters. The fraction of sp³-hybridized carbons (Fsp3) is 0.300. The lowest BCUT2D eigenvalue weighted by atomic mass is 10.1. The molecule has 4 nitrogen and oxygen atoms in total. The number of benzene rings is 2. The van der Waals surface area contributed by atoms with E-state index in [0.29, 0.717) is 19.4 Å². The highest BCUT2D eigenvalue weighted by Gasteiger charge is 2.43. The van der Waals surface area contributed by atoms with Crippen LogP contribution in [0.15, 0.2) is 60.7 Å². The van der Waals surface area contributed by atoms with Crippen LogP contribution in [-0.2, 0) is 22.6 Å². The first-order valence-electron chi connectivity index (χ1n) is 8.39. The molecule has 1 aliphatic heterocycles. The number of nitrogens with zero attached hydrogens (tertiary/aromatic N) is 1. The lowest BCUT2D eigenvalue weighted by molar-refractivity contribution is -0.909. The summed E-state index contributed by atoms with van der Waals surface area (Å²) in [4.78, 5) is 27.4. The van der Waals surface area contributed by atoms with E-state index in [1.165, 1.54) is 10.5 Å². The zero-order chi connectivity index (χ0) is 16.9. The van der Waals surface area contributed by atoms with Gasteiger partial charge < -0.3 is 4.90 Å². The minimum atomic E-state index is -0.270. The Hall–Kier alpha value is -2.46. The summed E-state index contributed by atoms with van der Waals surface area (Å²) in [5, 5.41) is 0. The van der Waals surface area contributed by atoms with Gasteiger partial charge in [0.2, 0.25) is 5.91 Å². The third-order valence-corrected chi connectivity index (χ3v) is 4.63. The molecule has 0 bridgehead atoms. The molecular formula is C20H23N2O2+. The zero-order valence-electron chi connectivity index (χ0n) is 13.9. The Kier molecular flexibility index (Phi) is 5.06. The lowest BCUT2D eigenvalue weighted by Gasteiger charge is -2.20. The highest BCUT2D eigenvalue weighted by molar-refractivity contribution is 6.04. The van der Waals surface area contributed by atoms with Crippen LogP contribution in [0.1, 0.15) is 17.5 Å². The van der Waals surface area contributed by atoms with E-state index in [1.807, 2.05) is 55.6 Å². The van der Waals surface area contributed by atoms with Crippen LogP contribution in [0.3, 0.4) is 0 Å². The molecule has 0 spiro atoms. The maximum absolute atomic E-state index is 12.7. The number of quaternary nitrogens is 1. The average molecular weight is 323 g/mol. The summed E-state index contributed by atoms with van der Waals surface area (Å²) in [6.07, 6.45) is 1.02. The Bertz CT molecular complexity index is 700. The third-order valence-electron chi connectivity index (χ3n) is 4.63. The molecule has 2 amide bonds. The van der Waals surface area contributed by atoms with Gasteiger partial charge in [-0.1, -0.05) is 60.7 Å². The number of carbonyl (C=O) groups is 2. The monoisotopic (exact) mass is 323 g/mol. The van der Waals surface area contributed by atoms with Gasteiger partial charge in [-0.25, -0.2) is 0 Å². The Labute approximate surface area is 142 Å². The average Bonchev–Trinajstić information content (AvgIpc) is 2.89. The molecule has 24 heavy (non-hydrogen) atoms. The summed E-state index contributed by atoms with van der Waals surface area (Å²) in [6.45, 7) is 1.22. The summed E-state index contributed by atoms with van der Waals surface area (Å²) >= 11 is 0.